The van der Waals surface area contributed by atoms with E-state index < -0.39 is 17.6 Å². The average molecular weight is 473 g/mol. The number of thiazole rings is 1. The van der Waals surface area contributed by atoms with E-state index in [0.29, 0.717) is 24.6 Å². The molecule has 3 rings (SSSR count). The summed E-state index contributed by atoms with van der Waals surface area (Å²) in [4.78, 5) is 17.1. The van der Waals surface area contributed by atoms with E-state index >= 15 is 0 Å². The normalized spacial score (nSPS) is 12.7. The summed E-state index contributed by atoms with van der Waals surface area (Å²) < 4.78 is 47.8. The summed E-state index contributed by atoms with van der Waals surface area (Å²) in [6.45, 7) is 3.35. The first-order valence-corrected chi connectivity index (χ1v) is 10.0. The van der Waals surface area contributed by atoms with E-state index in [1.165, 1.54) is 23.5 Å². The van der Waals surface area contributed by atoms with Gasteiger partial charge in [0, 0.05) is 23.2 Å². The van der Waals surface area contributed by atoms with Crippen molar-refractivity contribution >= 4 is 43.4 Å². The number of ether oxygens (including phenoxy) is 1. The molecule has 1 heterocycles. The average Bonchev–Trinajstić information content (AvgIpc) is 2.97. The number of carbonyl (C=O) groups excluding carboxylic acids is 1. The fourth-order valence-electron chi connectivity index (χ4n) is 2.63. The first-order chi connectivity index (χ1) is 13.3. The largest absolute Gasteiger partial charge is 0.416 e. The quantitative estimate of drug-likeness (QED) is 0.475. The fourth-order valence-corrected chi connectivity index (χ4v) is 4.23. The van der Waals surface area contributed by atoms with Crippen molar-refractivity contribution in [1.82, 2.24) is 4.57 Å². The van der Waals surface area contributed by atoms with E-state index in [9.17, 15) is 18.0 Å². The zero-order chi connectivity index (χ0) is 20.3. The van der Waals surface area contributed by atoms with Crippen LogP contribution in [0.15, 0.2) is 51.9 Å². The molecule has 0 saturated heterocycles. The molecule has 0 saturated carbocycles. The minimum Gasteiger partial charge on any atom is -0.380 e. The van der Waals surface area contributed by atoms with Crippen molar-refractivity contribution in [3.63, 3.8) is 0 Å². The monoisotopic (exact) mass is 472 g/mol. The highest BCUT2D eigenvalue weighted by Gasteiger charge is 2.30. The van der Waals surface area contributed by atoms with Crippen LogP contribution in [0.2, 0.25) is 0 Å². The van der Waals surface area contributed by atoms with Crippen molar-refractivity contribution in [2.75, 3.05) is 13.2 Å². The zero-order valence-corrected chi connectivity index (χ0v) is 17.2. The SMILES string of the molecule is CCOCCn1c(=NC(=O)c2cccc(C(F)(F)F)c2)sc2cc(Br)ccc21. The predicted octanol–water partition coefficient (Wildman–Crippen LogP) is 5.26. The maximum absolute atomic E-state index is 12.9. The number of halogens is 4. The van der Waals surface area contributed by atoms with E-state index in [4.69, 9.17) is 4.74 Å². The number of hydrogen-bond acceptors (Lipinski definition) is 3. The molecule has 4 nitrogen and oxygen atoms in total. The molecule has 28 heavy (non-hydrogen) atoms. The third kappa shape index (κ3) is 4.71. The lowest BCUT2D eigenvalue weighted by Gasteiger charge is -2.07. The van der Waals surface area contributed by atoms with Gasteiger partial charge in [0.15, 0.2) is 4.80 Å². The van der Waals surface area contributed by atoms with E-state index in [1.54, 1.807) is 0 Å². The molecule has 0 N–H and O–H groups in total. The van der Waals surface area contributed by atoms with Crippen LogP contribution in [-0.4, -0.2) is 23.7 Å². The topological polar surface area (TPSA) is 43.6 Å². The predicted molar refractivity (Wildman–Crippen MR) is 105 cm³/mol. The van der Waals surface area contributed by atoms with Crippen LogP contribution >= 0.6 is 27.3 Å². The molecule has 0 atom stereocenters. The molecular weight excluding hydrogens is 457 g/mol. The second kappa shape index (κ2) is 8.59. The lowest BCUT2D eigenvalue weighted by atomic mass is 10.1. The van der Waals surface area contributed by atoms with Crippen molar-refractivity contribution in [3.8, 4) is 0 Å². The minimum atomic E-state index is -4.52. The van der Waals surface area contributed by atoms with E-state index in [0.717, 1.165) is 26.8 Å². The number of benzene rings is 2. The van der Waals surface area contributed by atoms with Crippen molar-refractivity contribution in [3.05, 3.63) is 62.9 Å². The standard InChI is InChI=1S/C19H16BrF3N2O2S/c1-2-27-9-8-25-15-7-6-14(20)11-16(15)28-18(25)24-17(26)12-4-3-5-13(10-12)19(21,22)23/h3-7,10-11H,2,8-9H2,1H3. The van der Waals surface area contributed by atoms with Crippen LogP contribution in [-0.2, 0) is 17.5 Å². The molecule has 0 aliphatic heterocycles. The highest BCUT2D eigenvalue weighted by Crippen LogP contribution is 2.29. The Kier molecular flexibility index (Phi) is 6.36. The molecule has 2 aromatic carbocycles. The van der Waals surface area contributed by atoms with Gasteiger partial charge in [-0.3, -0.25) is 4.79 Å². The number of hydrogen-bond donors (Lipinski definition) is 0. The van der Waals surface area contributed by atoms with Crippen LogP contribution in [0.4, 0.5) is 13.2 Å². The molecule has 0 bridgehead atoms. The Morgan fingerprint density at radius 1 is 1.25 bits per heavy atom. The summed E-state index contributed by atoms with van der Waals surface area (Å²) in [5.74, 6) is -0.720. The number of rotatable bonds is 5. The van der Waals surface area contributed by atoms with Gasteiger partial charge in [-0.25, -0.2) is 0 Å². The summed E-state index contributed by atoms with van der Waals surface area (Å²) >= 11 is 4.71. The third-order valence-electron chi connectivity index (χ3n) is 3.94. The first-order valence-electron chi connectivity index (χ1n) is 8.42. The molecule has 1 aromatic heterocycles. The Bertz CT molecular complexity index is 1070. The maximum Gasteiger partial charge on any atom is 0.416 e. The smallest absolute Gasteiger partial charge is 0.380 e. The van der Waals surface area contributed by atoms with Gasteiger partial charge in [-0.1, -0.05) is 33.3 Å². The molecule has 1 amide bonds. The highest BCUT2D eigenvalue weighted by atomic mass is 79.9. The molecular formula is C19H16BrF3N2O2S. The van der Waals surface area contributed by atoms with Gasteiger partial charge >= 0.3 is 6.18 Å². The van der Waals surface area contributed by atoms with Crippen molar-refractivity contribution in [2.24, 2.45) is 4.99 Å². The molecule has 0 aliphatic rings. The van der Waals surface area contributed by atoms with Crippen LogP contribution in [0, 0.1) is 0 Å². The molecule has 9 heteroatoms. The Labute approximate surface area is 171 Å². The second-order valence-electron chi connectivity index (χ2n) is 5.84. The van der Waals surface area contributed by atoms with Gasteiger partial charge in [0.05, 0.1) is 22.4 Å². The van der Waals surface area contributed by atoms with Gasteiger partial charge in [-0.2, -0.15) is 18.2 Å². The Morgan fingerprint density at radius 3 is 2.75 bits per heavy atom. The van der Waals surface area contributed by atoms with Crippen LogP contribution in [0.25, 0.3) is 10.2 Å². The molecule has 0 spiro atoms. The van der Waals surface area contributed by atoms with E-state index in [1.807, 2.05) is 29.7 Å². The van der Waals surface area contributed by atoms with Crippen LogP contribution in [0.5, 0.6) is 0 Å². The Balaban J connectivity index is 2.05. The van der Waals surface area contributed by atoms with Crippen molar-refractivity contribution in [2.45, 2.75) is 19.6 Å². The fraction of sp³-hybridized carbons (Fsp3) is 0.263. The van der Waals surface area contributed by atoms with Gasteiger partial charge in [-0.05, 0) is 43.3 Å². The van der Waals surface area contributed by atoms with Crippen molar-refractivity contribution in [1.29, 1.82) is 0 Å². The van der Waals surface area contributed by atoms with E-state index in [-0.39, 0.29) is 5.56 Å². The van der Waals surface area contributed by atoms with E-state index in [2.05, 4.69) is 20.9 Å². The minimum absolute atomic E-state index is 0.107. The third-order valence-corrected chi connectivity index (χ3v) is 5.48. The molecule has 3 aromatic rings. The highest BCUT2D eigenvalue weighted by molar-refractivity contribution is 9.10. The number of alkyl halides is 3. The van der Waals surface area contributed by atoms with Crippen LogP contribution in [0.3, 0.4) is 0 Å². The molecule has 148 valence electrons. The number of aromatic nitrogens is 1. The lowest BCUT2D eigenvalue weighted by Crippen LogP contribution is -2.20. The number of nitrogens with zero attached hydrogens (tertiary/aromatic N) is 2. The zero-order valence-electron chi connectivity index (χ0n) is 14.8. The number of fused-ring (bicyclic) bond motifs is 1. The van der Waals surface area contributed by atoms with Crippen LogP contribution in [0.1, 0.15) is 22.8 Å². The number of carbonyl (C=O) groups is 1. The Hall–Kier alpha value is -1.97. The molecule has 0 unspecified atom stereocenters. The summed E-state index contributed by atoms with van der Waals surface area (Å²) in [6.07, 6.45) is -4.52. The summed E-state index contributed by atoms with van der Waals surface area (Å²) in [5.41, 5.74) is -0.105. The van der Waals surface area contributed by atoms with Gasteiger partial charge in [0.2, 0.25) is 0 Å². The molecule has 0 radical (unpaired) electrons. The van der Waals surface area contributed by atoms with Crippen molar-refractivity contribution < 1.29 is 22.7 Å². The summed E-state index contributed by atoms with van der Waals surface area (Å²) in [5, 5.41) is 0. The molecule has 0 fully saturated rings. The van der Waals surface area contributed by atoms with Gasteiger partial charge in [0.25, 0.3) is 5.91 Å². The Morgan fingerprint density at radius 2 is 2.04 bits per heavy atom. The van der Waals surface area contributed by atoms with Crippen LogP contribution < -0.4 is 4.80 Å². The van der Waals surface area contributed by atoms with Gasteiger partial charge in [0.1, 0.15) is 0 Å². The first kappa shape index (κ1) is 20.8. The summed E-state index contributed by atoms with van der Waals surface area (Å²) in [7, 11) is 0. The molecule has 0 aliphatic carbocycles. The maximum atomic E-state index is 12.9. The van der Waals surface area contributed by atoms with Gasteiger partial charge < -0.3 is 9.30 Å². The van der Waals surface area contributed by atoms with Gasteiger partial charge in [-0.15, -0.1) is 0 Å². The lowest BCUT2D eigenvalue weighted by molar-refractivity contribution is -0.137. The summed E-state index contributed by atoms with van der Waals surface area (Å²) in [6, 6.07) is 9.97. The number of amides is 1. The second-order valence-corrected chi connectivity index (χ2v) is 7.77.